The molecule has 94 valence electrons. The molecule has 0 aliphatic rings. The number of halogens is 1. The first-order valence-electron chi connectivity index (χ1n) is 5.31. The summed E-state index contributed by atoms with van der Waals surface area (Å²) in [6, 6.07) is 5.45. The minimum atomic E-state index is -0.453. The Hall–Kier alpha value is -2.06. The van der Waals surface area contributed by atoms with E-state index in [1.54, 1.807) is 6.20 Å². The Morgan fingerprint density at radius 1 is 1.61 bits per heavy atom. The van der Waals surface area contributed by atoms with E-state index in [9.17, 15) is 4.79 Å². The van der Waals surface area contributed by atoms with Crippen LogP contribution in [-0.2, 0) is 4.79 Å². The molecule has 0 atom stereocenters. The lowest BCUT2D eigenvalue weighted by atomic mass is 10.3. The van der Waals surface area contributed by atoms with E-state index in [0.29, 0.717) is 18.1 Å². The normalized spacial score (nSPS) is 10.6. The van der Waals surface area contributed by atoms with E-state index in [4.69, 9.17) is 16.9 Å². The molecule has 0 aliphatic carbocycles. The molecule has 0 aliphatic heterocycles. The third-order valence-electron chi connectivity index (χ3n) is 2.04. The number of hydrogen-bond donors (Lipinski definition) is 2. The van der Waals surface area contributed by atoms with Crippen LogP contribution in [0.25, 0.3) is 0 Å². The first-order chi connectivity index (χ1) is 8.67. The Morgan fingerprint density at radius 2 is 2.39 bits per heavy atom. The van der Waals surface area contributed by atoms with Gasteiger partial charge in [-0.05, 0) is 19.1 Å². The average Bonchev–Trinajstić information content (AvgIpc) is 2.39. The Balaban J connectivity index is 2.66. The molecule has 0 fully saturated rings. The number of alkyl halides is 1. The Bertz CT molecular complexity index is 476. The van der Waals surface area contributed by atoms with Crippen LogP contribution in [0.15, 0.2) is 30.1 Å². The van der Waals surface area contributed by atoms with Crippen LogP contribution >= 0.6 is 11.6 Å². The zero-order valence-corrected chi connectivity index (χ0v) is 10.7. The topological polar surface area (TPSA) is 77.8 Å². The standard InChI is InChI=1S/C12H13ClN4O/c1-9-2-3-11(8-16-9)17-7-10(6-14)12(18)15-5-4-13/h2-3,7-8,17H,4-5H2,1H3,(H,15,18)/b10-7-. The van der Waals surface area contributed by atoms with Crippen LogP contribution in [0.5, 0.6) is 0 Å². The fraction of sp³-hybridized carbons (Fsp3) is 0.250. The van der Waals surface area contributed by atoms with Crippen molar-refractivity contribution < 1.29 is 4.79 Å². The van der Waals surface area contributed by atoms with E-state index >= 15 is 0 Å². The van der Waals surface area contributed by atoms with Gasteiger partial charge in [-0.3, -0.25) is 9.78 Å². The quantitative estimate of drug-likeness (QED) is 0.481. The molecule has 0 radical (unpaired) electrons. The first-order valence-corrected chi connectivity index (χ1v) is 5.84. The summed E-state index contributed by atoms with van der Waals surface area (Å²) in [6.07, 6.45) is 2.97. The van der Waals surface area contributed by atoms with Crippen molar-refractivity contribution in [2.24, 2.45) is 0 Å². The van der Waals surface area contributed by atoms with Gasteiger partial charge in [0.15, 0.2) is 0 Å². The monoisotopic (exact) mass is 264 g/mol. The number of rotatable bonds is 5. The summed E-state index contributed by atoms with van der Waals surface area (Å²) in [4.78, 5) is 15.6. The van der Waals surface area contributed by atoms with Gasteiger partial charge >= 0.3 is 0 Å². The number of hydrogen-bond acceptors (Lipinski definition) is 4. The van der Waals surface area contributed by atoms with Crippen molar-refractivity contribution in [2.45, 2.75) is 6.92 Å². The van der Waals surface area contributed by atoms with Crippen molar-refractivity contribution >= 4 is 23.2 Å². The maximum atomic E-state index is 11.5. The summed E-state index contributed by atoms with van der Waals surface area (Å²) in [7, 11) is 0. The summed E-state index contributed by atoms with van der Waals surface area (Å²) in [5.41, 5.74) is 1.59. The van der Waals surface area contributed by atoms with Crippen molar-refractivity contribution in [3.05, 3.63) is 35.8 Å². The maximum Gasteiger partial charge on any atom is 0.263 e. The Morgan fingerprint density at radius 3 is 2.94 bits per heavy atom. The number of nitrogens with one attached hydrogen (secondary N) is 2. The predicted octanol–water partition coefficient (Wildman–Crippen LogP) is 1.56. The van der Waals surface area contributed by atoms with Crippen molar-refractivity contribution in [1.29, 1.82) is 5.26 Å². The third kappa shape index (κ3) is 4.44. The molecule has 18 heavy (non-hydrogen) atoms. The molecule has 0 saturated carbocycles. The van der Waals surface area contributed by atoms with Gasteiger partial charge in [0.1, 0.15) is 11.6 Å². The molecular weight excluding hydrogens is 252 g/mol. The van der Waals surface area contributed by atoms with Crippen LogP contribution in [0.4, 0.5) is 5.69 Å². The van der Waals surface area contributed by atoms with Crippen molar-refractivity contribution in [3.8, 4) is 6.07 Å². The lowest BCUT2D eigenvalue weighted by molar-refractivity contribution is -0.117. The minimum Gasteiger partial charge on any atom is -0.359 e. The molecule has 0 bridgehead atoms. The van der Waals surface area contributed by atoms with Crippen LogP contribution in [-0.4, -0.2) is 23.3 Å². The van der Waals surface area contributed by atoms with Crippen molar-refractivity contribution in [2.75, 3.05) is 17.7 Å². The number of pyridine rings is 1. The molecule has 0 unspecified atom stereocenters. The summed E-state index contributed by atoms with van der Waals surface area (Å²) in [6.45, 7) is 2.20. The van der Waals surface area contributed by atoms with Gasteiger partial charge in [-0.25, -0.2) is 0 Å². The molecule has 1 heterocycles. The van der Waals surface area contributed by atoms with Gasteiger partial charge in [0.2, 0.25) is 0 Å². The SMILES string of the molecule is Cc1ccc(N/C=C(/C#N)C(=O)NCCCl)cn1. The van der Waals surface area contributed by atoms with Crippen LogP contribution in [0.1, 0.15) is 5.69 Å². The number of nitrogens with zero attached hydrogens (tertiary/aromatic N) is 2. The number of aromatic nitrogens is 1. The number of aryl methyl sites for hydroxylation is 1. The highest BCUT2D eigenvalue weighted by Crippen LogP contribution is 2.06. The fourth-order valence-electron chi connectivity index (χ4n) is 1.11. The van der Waals surface area contributed by atoms with Crippen LogP contribution < -0.4 is 10.6 Å². The van der Waals surface area contributed by atoms with E-state index in [1.165, 1.54) is 6.20 Å². The predicted molar refractivity (Wildman–Crippen MR) is 70.0 cm³/mol. The van der Waals surface area contributed by atoms with Crippen molar-refractivity contribution in [1.82, 2.24) is 10.3 Å². The molecule has 6 heteroatoms. The Kier molecular flexibility index (Phi) is 5.68. The highest BCUT2D eigenvalue weighted by atomic mass is 35.5. The largest absolute Gasteiger partial charge is 0.359 e. The van der Waals surface area contributed by atoms with E-state index < -0.39 is 5.91 Å². The molecule has 1 rings (SSSR count). The molecule has 1 aromatic heterocycles. The van der Waals surface area contributed by atoms with Gasteiger partial charge < -0.3 is 10.6 Å². The van der Waals surface area contributed by atoms with Crippen LogP contribution in [0, 0.1) is 18.3 Å². The van der Waals surface area contributed by atoms with Crippen molar-refractivity contribution in [3.63, 3.8) is 0 Å². The Labute approximate surface area is 110 Å². The molecule has 0 aromatic carbocycles. The second-order valence-corrected chi connectivity index (χ2v) is 3.83. The van der Waals surface area contributed by atoms with Crippen LogP contribution in [0.2, 0.25) is 0 Å². The molecule has 2 N–H and O–H groups in total. The summed E-state index contributed by atoms with van der Waals surface area (Å²) >= 11 is 5.44. The lowest BCUT2D eigenvalue weighted by Crippen LogP contribution is -2.26. The van der Waals surface area contributed by atoms with Gasteiger partial charge in [-0.1, -0.05) is 0 Å². The lowest BCUT2D eigenvalue weighted by Gasteiger charge is -2.03. The molecule has 1 aromatic rings. The smallest absolute Gasteiger partial charge is 0.263 e. The maximum absolute atomic E-state index is 11.5. The fourth-order valence-corrected chi connectivity index (χ4v) is 1.21. The number of amides is 1. The molecular formula is C12H13ClN4O. The molecule has 5 nitrogen and oxygen atoms in total. The summed E-state index contributed by atoms with van der Waals surface area (Å²) in [5, 5.41) is 14.2. The second kappa shape index (κ2) is 7.30. The van der Waals surface area contributed by atoms with Gasteiger partial charge in [0.05, 0.1) is 11.9 Å². The zero-order valence-electron chi connectivity index (χ0n) is 9.90. The number of nitriles is 1. The first kappa shape index (κ1) is 14.0. The average molecular weight is 265 g/mol. The number of carbonyl (C=O) groups excluding carboxylic acids is 1. The highest BCUT2D eigenvalue weighted by molar-refractivity contribution is 6.18. The van der Waals surface area contributed by atoms with Crippen LogP contribution in [0.3, 0.4) is 0 Å². The highest BCUT2D eigenvalue weighted by Gasteiger charge is 2.07. The molecule has 0 saturated heterocycles. The van der Waals surface area contributed by atoms with E-state index in [2.05, 4.69) is 15.6 Å². The zero-order chi connectivity index (χ0) is 13.4. The van der Waals surface area contributed by atoms with Gasteiger partial charge in [-0.2, -0.15) is 5.26 Å². The number of anilines is 1. The van der Waals surface area contributed by atoms with E-state index in [0.717, 1.165) is 5.69 Å². The summed E-state index contributed by atoms with van der Waals surface area (Å²) in [5.74, 6) is -0.148. The molecule has 0 spiro atoms. The van der Waals surface area contributed by atoms with Gasteiger partial charge in [-0.15, -0.1) is 11.6 Å². The molecule has 1 amide bonds. The minimum absolute atomic E-state index is 0.0132. The second-order valence-electron chi connectivity index (χ2n) is 3.45. The van der Waals surface area contributed by atoms with Gasteiger partial charge in [0.25, 0.3) is 5.91 Å². The van der Waals surface area contributed by atoms with E-state index in [-0.39, 0.29) is 5.57 Å². The van der Waals surface area contributed by atoms with E-state index in [1.807, 2.05) is 25.1 Å². The van der Waals surface area contributed by atoms with Gasteiger partial charge in [0, 0.05) is 24.3 Å². The third-order valence-corrected chi connectivity index (χ3v) is 2.23. The summed E-state index contributed by atoms with van der Waals surface area (Å²) < 4.78 is 0. The number of carbonyl (C=O) groups is 1.